The lowest BCUT2D eigenvalue weighted by Gasteiger charge is -2.24. The molecule has 0 bridgehead atoms. The summed E-state index contributed by atoms with van der Waals surface area (Å²) in [5, 5.41) is 15.2. The van der Waals surface area contributed by atoms with Crippen LogP contribution in [-0.4, -0.2) is 48.4 Å². The van der Waals surface area contributed by atoms with Crippen molar-refractivity contribution in [2.75, 3.05) is 7.11 Å². The summed E-state index contributed by atoms with van der Waals surface area (Å²) in [6, 6.07) is 13.4. The van der Waals surface area contributed by atoms with Crippen LogP contribution in [0.4, 0.5) is 4.79 Å². The van der Waals surface area contributed by atoms with Crippen LogP contribution in [-0.2, 0) is 32.1 Å². The van der Waals surface area contributed by atoms with Crippen LogP contribution >= 0.6 is 11.6 Å². The maximum Gasteiger partial charge on any atom is 0.408 e. The zero-order valence-electron chi connectivity index (χ0n) is 17.2. The molecule has 8 nitrogen and oxygen atoms in total. The van der Waals surface area contributed by atoms with Crippen LogP contribution in [0.15, 0.2) is 54.6 Å². The van der Waals surface area contributed by atoms with Crippen molar-refractivity contribution in [3.05, 3.63) is 70.7 Å². The molecular formula is C22H25ClN2O6. The van der Waals surface area contributed by atoms with Crippen molar-refractivity contribution in [2.45, 2.75) is 38.1 Å². The van der Waals surface area contributed by atoms with Gasteiger partial charge in [0.1, 0.15) is 18.7 Å². The third-order valence-corrected chi connectivity index (χ3v) is 4.80. The molecule has 0 aliphatic rings. The number of nitrogens with one attached hydrogen (secondary N) is 2. The summed E-state index contributed by atoms with van der Waals surface area (Å²) in [7, 11) is 1.19. The number of amides is 2. The van der Waals surface area contributed by atoms with Gasteiger partial charge in [-0.1, -0.05) is 60.1 Å². The Kier molecular flexibility index (Phi) is 9.30. The molecule has 3 atom stereocenters. The average Bonchev–Trinajstić information content (AvgIpc) is 2.76. The first-order valence-corrected chi connectivity index (χ1v) is 9.96. The zero-order chi connectivity index (χ0) is 22.8. The van der Waals surface area contributed by atoms with Gasteiger partial charge in [-0.2, -0.15) is 0 Å². The van der Waals surface area contributed by atoms with Gasteiger partial charge in [0.2, 0.25) is 5.91 Å². The Bertz CT molecular complexity index is 891. The number of carbonyl (C=O) groups is 3. The number of esters is 1. The molecule has 2 rings (SSSR count). The van der Waals surface area contributed by atoms with E-state index in [-0.39, 0.29) is 13.0 Å². The van der Waals surface area contributed by atoms with Gasteiger partial charge < -0.3 is 25.2 Å². The van der Waals surface area contributed by atoms with Gasteiger partial charge in [-0.15, -0.1) is 0 Å². The largest absolute Gasteiger partial charge is 0.467 e. The minimum Gasteiger partial charge on any atom is -0.467 e. The molecule has 0 aromatic heterocycles. The van der Waals surface area contributed by atoms with Crippen LogP contribution in [0.1, 0.15) is 18.1 Å². The number of benzene rings is 2. The molecule has 0 aliphatic carbocycles. The Balaban J connectivity index is 2.03. The number of rotatable bonds is 9. The van der Waals surface area contributed by atoms with E-state index in [1.807, 2.05) is 6.07 Å². The smallest absolute Gasteiger partial charge is 0.408 e. The quantitative estimate of drug-likeness (QED) is 0.507. The van der Waals surface area contributed by atoms with E-state index < -0.39 is 36.2 Å². The normalized spacial score (nSPS) is 13.4. The van der Waals surface area contributed by atoms with Crippen LogP contribution in [0, 0.1) is 0 Å². The van der Waals surface area contributed by atoms with Gasteiger partial charge in [0.25, 0.3) is 0 Å². The van der Waals surface area contributed by atoms with E-state index in [0.717, 1.165) is 5.56 Å². The highest BCUT2D eigenvalue weighted by atomic mass is 35.5. The highest BCUT2D eigenvalue weighted by Crippen LogP contribution is 2.17. The van der Waals surface area contributed by atoms with Crippen molar-refractivity contribution in [3.63, 3.8) is 0 Å². The predicted octanol–water partition coefficient (Wildman–Crippen LogP) is 2.22. The standard InChI is InChI=1S/C22H25ClN2O6/c1-14(26)19(25-22(29)31-13-15-8-4-3-5-9-15)20(27)24-18(21(28)30-2)12-16-10-6-7-11-17(16)23/h3-11,14,18-19,26H,12-13H2,1-2H3,(H,24,27)(H,25,29)/t14-,18-,19+/m1/s1. The van der Waals surface area contributed by atoms with Crippen molar-refractivity contribution in [3.8, 4) is 0 Å². The summed E-state index contributed by atoms with van der Waals surface area (Å²) in [4.78, 5) is 37.0. The lowest BCUT2D eigenvalue weighted by atomic mass is 10.0. The fourth-order valence-electron chi connectivity index (χ4n) is 2.78. The van der Waals surface area contributed by atoms with Gasteiger partial charge in [-0.05, 0) is 24.1 Å². The van der Waals surface area contributed by atoms with E-state index >= 15 is 0 Å². The Morgan fingerprint density at radius 3 is 2.29 bits per heavy atom. The lowest BCUT2D eigenvalue weighted by molar-refractivity contribution is -0.145. The number of aliphatic hydroxyl groups excluding tert-OH is 1. The topological polar surface area (TPSA) is 114 Å². The first-order chi connectivity index (χ1) is 14.8. The maximum absolute atomic E-state index is 12.7. The number of aliphatic hydroxyl groups is 1. The van der Waals surface area contributed by atoms with E-state index in [1.165, 1.54) is 14.0 Å². The molecular weight excluding hydrogens is 424 g/mol. The number of ether oxygens (including phenoxy) is 2. The third-order valence-electron chi connectivity index (χ3n) is 4.44. The number of alkyl carbamates (subject to hydrolysis) is 1. The Labute approximate surface area is 185 Å². The van der Waals surface area contributed by atoms with Crippen molar-refractivity contribution in [2.24, 2.45) is 0 Å². The highest BCUT2D eigenvalue weighted by molar-refractivity contribution is 6.31. The summed E-state index contributed by atoms with van der Waals surface area (Å²) in [6.45, 7) is 1.33. The lowest BCUT2D eigenvalue weighted by Crippen LogP contribution is -2.56. The minimum atomic E-state index is -1.35. The Morgan fingerprint density at radius 1 is 1.03 bits per heavy atom. The molecule has 0 spiro atoms. The maximum atomic E-state index is 12.7. The molecule has 9 heteroatoms. The summed E-state index contributed by atoms with van der Waals surface area (Å²) in [5.74, 6) is -1.46. The van der Waals surface area contributed by atoms with E-state index in [1.54, 1.807) is 48.5 Å². The molecule has 2 amide bonds. The number of carbonyl (C=O) groups excluding carboxylic acids is 3. The Hall–Kier alpha value is -3.10. The van der Waals surface area contributed by atoms with Gasteiger partial charge in [-0.25, -0.2) is 9.59 Å². The third kappa shape index (κ3) is 7.58. The second-order valence-electron chi connectivity index (χ2n) is 6.80. The molecule has 0 radical (unpaired) electrons. The summed E-state index contributed by atoms with van der Waals surface area (Å²) in [6.07, 6.45) is -2.06. The van der Waals surface area contributed by atoms with Crippen molar-refractivity contribution in [1.82, 2.24) is 10.6 Å². The van der Waals surface area contributed by atoms with Crippen molar-refractivity contribution < 1.29 is 29.0 Å². The van der Waals surface area contributed by atoms with Crippen LogP contribution in [0.25, 0.3) is 0 Å². The van der Waals surface area contributed by atoms with Gasteiger partial charge in [0, 0.05) is 11.4 Å². The molecule has 2 aromatic carbocycles. The fourth-order valence-corrected chi connectivity index (χ4v) is 2.99. The fraction of sp³-hybridized carbons (Fsp3) is 0.318. The van der Waals surface area contributed by atoms with Crippen molar-refractivity contribution in [1.29, 1.82) is 0 Å². The van der Waals surface area contributed by atoms with Gasteiger partial charge in [0.05, 0.1) is 13.2 Å². The van der Waals surface area contributed by atoms with Crippen LogP contribution < -0.4 is 10.6 Å². The van der Waals surface area contributed by atoms with E-state index in [2.05, 4.69) is 10.6 Å². The number of halogens is 1. The van der Waals surface area contributed by atoms with Gasteiger partial charge in [0.15, 0.2) is 0 Å². The van der Waals surface area contributed by atoms with Gasteiger partial charge >= 0.3 is 12.1 Å². The minimum absolute atomic E-state index is 0.00187. The number of hydrogen-bond donors (Lipinski definition) is 3. The SMILES string of the molecule is COC(=O)[C@@H](Cc1ccccc1Cl)NC(=O)[C@@H](NC(=O)OCc1ccccc1)[C@@H](C)O. The van der Waals surface area contributed by atoms with Gasteiger partial charge in [-0.3, -0.25) is 4.79 Å². The van der Waals surface area contributed by atoms with Crippen LogP contribution in [0.5, 0.6) is 0 Å². The van der Waals surface area contributed by atoms with Crippen molar-refractivity contribution >= 4 is 29.6 Å². The zero-order valence-corrected chi connectivity index (χ0v) is 18.0. The molecule has 0 saturated carbocycles. The molecule has 2 aromatic rings. The van der Waals surface area contributed by atoms with Crippen LogP contribution in [0.3, 0.4) is 0 Å². The summed E-state index contributed by atoms with van der Waals surface area (Å²) < 4.78 is 9.86. The number of hydrogen-bond acceptors (Lipinski definition) is 6. The molecule has 166 valence electrons. The molecule has 0 heterocycles. The van der Waals surface area contributed by atoms with E-state index in [0.29, 0.717) is 10.6 Å². The first kappa shape index (κ1) is 24.2. The molecule has 0 fully saturated rings. The monoisotopic (exact) mass is 448 g/mol. The average molecular weight is 449 g/mol. The molecule has 0 unspecified atom stereocenters. The summed E-state index contributed by atoms with van der Waals surface area (Å²) >= 11 is 6.14. The molecule has 0 aliphatic heterocycles. The first-order valence-electron chi connectivity index (χ1n) is 9.58. The Morgan fingerprint density at radius 2 is 1.68 bits per heavy atom. The van der Waals surface area contributed by atoms with E-state index in [9.17, 15) is 19.5 Å². The highest BCUT2D eigenvalue weighted by Gasteiger charge is 2.31. The number of methoxy groups -OCH3 is 1. The van der Waals surface area contributed by atoms with Crippen LogP contribution in [0.2, 0.25) is 5.02 Å². The molecule has 3 N–H and O–H groups in total. The van der Waals surface area contributed by atoms with E-state index in [4.69, 9.17) is 21.1 Å². The second-order valence-corrected chi connectivity index (χ2v) is 7.21. The molecule has 0 saturated heterocycles. The second kappa shape index (κ2) is 11.9. The summed E-state index contributed by atoms with van der Waals surface area (Å²) in [5.41, 5.74) is 1.39. The predicted molar refractivity (Wildman–Crippen MR) is 114 cm³/mol. The molecule has 31 heavy (non-hydrogen) atoms.